The summed E-state index contributed by atoms with van der Waals surface area (Å²) in [5.74, 6) is -0.444. The van der Waals surface area contributed by atoms with Crippen LogP contribution in [0.5, 0.6) is 0 Å². The zero-order valence-electron chi connectivity index (χ0n) is 14.8. The molecule has 150 valence electrons. The van der Waals surface area contributed by atoms with Crippen molar-refractivity contribution >= 4 is 28.9 Å². The van der Waals surface area contributed by atoms with E-state index in [2.05, 4.69) is 5.32 Å². The van der Waals surface area contributed by atoms with Gasteiger partial charge in [0.1, 0.15) is 6.17 Å². The summed E-state index contributed by atoms with van der Waals surface area (Å²) in [6.07, 6.45) is -0.718. The van der Waals surface area contributed by atoms with Gasteiger partial charge < -0.3 is 5.32 Å². The normalized spacial score (nSPS) is 19.0. The number of amides is 1. The predicted octanol–water partition coefficient (Wildman–Crippen LogP) is 4.90. The molecule has 1 unspecified atom stereocenters. The Morgan fingerprint density at radius 3 is 2.62 bits per heavy atom. The van der Waals surface area contributed by atoms with E-state index in [1.54, 1.807) is 36.4 Å². The van der Waals surface area contributed by atoms with E-state index in [9.17, 15) is 23.2 Å². The number of carbonyl (C=O) groups excluding carboxylic acids is 1. The summed E-state index contributed by atoms with van der Waals surface area (Å²) in [6.45, 7) is 0.183. The molecule has 0 spiro atoms. The highest BCUT2D eigenvalue weighted by molar-refractivity contribution is 6.31. The number of rotatable bonds is 2. The number of hydrogen-bond donors (Lipinski definition) is 2. The van der Waals surface area contributed by atoms with Crippen molar-refractivity contribution in [3.05, 3.63) is 82.5 Å². The van der Waals surface area contributed by atoms with E-state index in [0.717, 1.165) is 17.2 Å². The van der Waals surface area contributed by atoms with Gasteiger partial charge in [-0.25, -0.2) is 0 Å². The number of hydroxylamine groups is 2. The molecule has 29 heavy (non-hydrogen) atoms. The third-order valence-corrected chi connectivity index (χ3v) is 5.06. The highest BCUT2D eigenvalue weighted by Gasteiger charge is 2.38. The number of nitrogens with zero attached hydrogens (tertiary/aromatic N) is 2. The van der Waals surface area contributed by atoms with Gasteiger partial charge in [-0.1, -0.05) is 29.8 Å². The first kappa shape index (κ1) is 19.4. The summed E-state index contributed by atoms with van der Waals surface area (Å²) >= 11 is 5.74. The molecule has 0 aromatic heterocycles. The molecule has 9 heteroatoms. The Kier molecular flexibility index (Phi) is 4.76. The Balaban J connectivity index is 1.84. The monoisotopic (exact) mass is 421 g/mol. The Hall–Kier alpha value is -2.97. The van der Waals surface area contributed by atoms with E-state index >= 15 is 0 Å². The largest absolute Gasteiger partial charge is 0.417 e. The van der Waals surface area contributed by atoms with Crippen LogP contribution in [-0.4, -0.2) is 28.9 Å². The van der Waals surface area contributed by atoms with Crippen LogP contribution in [0.25, 0.3) is 0 Å². The highest BCUT2D eigenvalue weighted by Crippen LogP contribution is 2.39. The fraction of sp³-hybridized carbons (Fsp3) is 0.150. The SMILES string of the molecule is O=C1c2ccccc2NC(C2=CCN(O)C=C2)N1c1ccc(Cl)c(C(F)(F)F)c1. The second-order valence-electron chi connectivity index (χ2n) is 6.57. The van der Waals surface area contributed by atoms with Crippen molar-refractivity contribution in [3.8, 4) is 0 Å². The number of para-hydroxylation sites is 1. The number of carbonyl (C=O) groups is 1. The van der Waals surface area contributed by atoms with Gasteiger partial charge in [-0.2, -0.15) is 13.2 Å². The summed E-state index contributed by atoms with van der Waals surface area (Å²) < 4.78 is 40.1. The molecule has 0 saturated heterocycles. The summed E-state index contributed by atoms with van der Waals surface area (Å²) in [5.41, 5.74) is 0.582. The van der Waals surface area contributed by atoms with Gasteiger partial charge in [0.2, 0.25) is 0 Å². The van der Waals surface area contributed by atoms with E-state index in [4.69, 9.17) is 11.6 Å². The number of nitrogens with one attached hydrogen (secondary N) is 1. The number of alkyl halides is 3. The van der Waals surface area contributed by atoms with Crippen LogP contribution in [0, 0.1) is 0 Å². The Bertz CT molecular complexity index is 1040. The number of anilines is 2. The molecule has 2 N–H and O–H groups in total. The van der Waals surface area contributed by atoms with Gasteiger partial charge in [0.05, 0.1) is 22.7 Å². The molecule has 2 heterocycles. The van der Waals surface area contributed by atoms with Crippen LogP contribution in [0.4, 0.5) is 24.5 Å². The predicted molar refractivity (Wildman–Crippen MR) is 103 cm³/mol. The van der Waals surface area contributed by atoms with E-state index in [1.807, 2.05) is 0 Å². The van der Waals surface area contributed by atoms with Gasteiger partial charge in [-0.05, 0) is 42.0 Å². The second-order valence-corrected chi connectivity index (χ2v) is 6.98. The van der Waals surface area contributed by atoms with Crippen molar-refractivity contribution in [2.24, 2.45) is 0 Å². The Morgan fingerprint density at radius 2 is 1.93 bits per heavy atom. The minimum Gasteiger partial charge on any atom is -0.360 e. The lowest BCUT2D eigenvalue weighted by atomic mass is 10.0. The first-order valence-electron chi connectivity index (χ1n) is 8.65. The Labute approximate surface area is 169 Å². The van der Waals surface area contributed by atoms with Crippen molar-refractivity contribution < 1.29 is 23.2 Å². The molecule has 5 nitrogen and oxygen atoms in total. The molecule has 2 aromatic rings. The maximum atomic E-state index is 13.4. The van der Waals surface area contributed by atoms with Gasteiger partial charge in [0.25, 0.3) is 5.91 Å². The maximum absolute atomic E-state index is 13.4. The zero-order valence-corrected chi connectivity index (χ0v) is 15.6. The molecular formula is C20H15ClF3N3O2. The van der Waals surface area contributed by atoms with Gasteiger partial charge in [0, 0.05) is 17.6 Å². The molecule has 4 rings (SSSR count). The first-order chi connectivity index (χ1) is 13.8. The average Bonchev–Trinajstić information content (AvgIpc) is 2.68. The average molecular weight is 422 g/mol. The topological polar surface area (TPSA) is 55.8 Å². The standard InChI is InChI=1S/C20H15ClF3N3O2/c21-16-6-5-13(11-15(16)20(22,23)24)27-18(12-7-9-26(29)10-8-12)25-17-4-2-1-3-14(17)19(27)28/h1-9,11,18,25,29H,10H2. The van der Waals surface area contributed by atoms with Crippen molar-refractivity contribution in [3.63, 3.8) is 0 Å². The quantitative estimate of drug-likeness (QED) is 0.724. The third kappa shape index (κ3) is 3.56. The fourth-order valence-electron chi connectivity index (χ4n) is 3.34. The molecule has 2 aliphatic heterocycles. The molecular weight excluding hydrogens is 407 g/mol. The van der Waals surface area contributed by atoms with Crippen LogP contribution in [0.15, 0.2) is 66.4 Å². The molecule has 0 radical (unpaired) electrons. The molecule has 0 saturated carbocycles. The first-order valence-corrected chi connectivity index (χ1v) is 9.03. The maximum Gasteiger partial charge on any atom is 0.417 e. The number of hydrogen-bond acceptors (Lipinski definition) is 4. The fourth-order valence-corrected chi connectivity index (χ4v) is 3.56. The van der Waals surface area contributed by atoms with Crippen LogP contribution < -0.4 is 10.2 Å². The number of halogens is 4. The van der Waals surface area contributed by atoms with Crippen LogP contribution in [0.2, 0.25) is 5.02 Å². The second kappa shape index (κ2) is 7.13. The van der Waals surface area contributed by atoms with Gasteiger partial charge in [0.15, 0.2) is 0 Å². The summed E-state index contributed by atoms with van der Waals surface area (Å²) in [4.78, 5) is 14.5. The summed E-state index contributed by atoms with van der Waals surface area (Å²) in [5, 5.41) is 13.3. The molecule has 1 atom stereocenters. The van der Waals surface area contributed by atoms with E-state index < -0.39 is 28.8 Å². The van der Waals surface area contributed by atoms with Crippen LogP contribution in [0.3, 0.4) is 0 Å². The zero-order chi connectivity index (χ0) is 20.8. The van der Waals surface area contributed by atoms with Crippen molar-refractivity contribution in [2.75, 3.05) is 16.8 Å². The highest BCUT2D eigenvalue weighted by atomic mass is 35.5. The van der Waals surface area contributed by atoms with Crippen LogP contribution in [0.1, 0.15) is 15.9 Å². The molecule has 1 amide bonds. The summed E-state index contributed by atoms with van der Waals surface area (Å²) in [7, 11) is 0. The van der Waals surface area contributed by atoms with Crippen molar-refractivity contribution in [1.29, 1.82) is 0 Å². The third-order valence-electron chi connectivity index (χ3n) is 4.73. The molecule has 0 bridgehead atoms. The van der Waals surface area contributed by atoms with E-state index in [1.165, 1.54) is 17.2 Å². The summed E-state index contributed by atoms with van der Waals surface area (Å²) in [6, 6.07) is 10.2. The lowest BCUT2D eigenvalue weighted by molar-refractivity contribution is -0.137. The van der Waals surface area contributed by atoms with Crippen LogP contribution in [-0.2, 0) is 6.18 Å². The Morgan fingerprint density at radius 1 is 1.17 bits per heavy atom. The van der Waals surface area contributed by atoms with Gasteiger partial charge in [-0.3, -0.25) is 20.0 Å². The van der Waals surface area contributed by atoms with Crippen LogP contribution >= 0.6 is 11.6 Å². The minimum absolute atomic E-state index is 0.0551. The molecule has 0 aliphatic carbocycles. The lowest BCUT2D eigenvalue weighted by Crippen LogP contribution is -2.50. The number of benzene rings is 2. The van der Waals surface area contributed by atoms with E-state index in [-0.39, 0.29) is 12.2 Å². The number of fused-ring (bicyclic) bond motifs is 1. The smallest absolute Gasteiger partial charge is 0.360 e. The minimum atomic E-state index is -4.66. The van der Waals surface area contributed by atoms with Gasteiger partial charge in [-0.15, -0.1) is 0 Å². The van der Waals surface area contributed by atoms with Gasteiger partial charge >= 0.3 is 6.18 Å². The van der Waals surface area contributed by atoms with Crippen molar-refractivity contribution in [1.82, 2.24) is 5.06 Å². The van der Waals surface area contributed by atoms with Crippen molar-refractivity contribution in [2.45, 2.75) is 12.3 Å². The lowest BCUT2D eigenvalue weighted by Gasteiger charge is -2.39. The molecule has 0 fully saturated rings. The molecule has 2 aliphatic rings. The molecule has 2 aromatic carbocycles. The van der Waals surface area contributed by atoms with E-state index in [0.29, 0.717) is 16.8 Å².